The lowest BCUT2D eigenvalue weighted by Gasteiger charge is -2.21. The van der Waals surface area contributed by atoms with E-state index >= 15 is 0 Å². The lowest BCUT2D eigenvalue weighted by molar-refractivity contribution is 0.0932. The molecule has 5 heteroatoms. The van der Waals surface area contributed by atoms with Crippen molar-refractivity contribution in [2.45, 2.75) is 18.9 Å². The number of benzene rings is 1. The lowest BCUT2D eigenvalue weighted by Crippen LogP contribution is -2.30. The maximum Gasteiger partial charge on any atom is 0.255 e. The Morgan fingerprint density at radius 3 is 2.61 bits per heavy atom. The Balaban J connectivity index is 2.21. The molecular formula is C18H23N3O2. The first-order chi connectivity index (χ1) is 11.1. The molecule has 0 saturated heterocycles. The van der Waals surface area contributed by atoms with Gasteiger partial charge in [-0.2, -0.15) is 0 Å². The van der Waals surface area contributed by atoms with Crippen LogP contribution in [0.1, 0.15) is 34.8 Å². The number of rotatable bonds is 7. The summed E-state index contributed by atoms with van der Waals surface area (Å²) in [4.78, 5) is 18.8. The third kappa shape index (κ3) is 4.53. The van der Waals surface area contributed by atoms with Gasteiger partial charge in [0.05, 0.1) is 11.6 Å². The first-order valence-corrected chi connectivity index (χ1v) is 7.72. The van der Waals surface area contributed by atoms with Crippen molar-refractivity contribution in [2.75, 3.05) is 25.6 Å². The lowest BCUT2D eigenvalue weighted by atomic mass is 10.0. The molecule has 0 bridgehead atoms. The zero-order chi connectivity index (χ0) is 16.7. The number of amides is 1. The van der Waals surface area contributed by atoms with Crippen LogP contribution in [0, 0.1) is 0 Å². The van der Waals surface area contributed by atoms with Crippen LogP contribution in [0.5, 0.6) is 0 Å². The van der Waals surface area contributed by atoms with Gasteiger partial charge in [0.15, 0.2) is 0 Å². The smallest absolute Gasteiger partial charge is 0.255 e. The minimum atomic E-state index is -0.159. The summed E-state index contributed by atoms with van der Waals surface area (Å²) in [6.07, 6.45) is 2.99. The van der Waals surface area contributed by atoms with E-state index < -0.39 is 0 Å². The van der Waals surface area contributed by atoms with Gasteiger partial charge in [-0.15, -0.1) is 0 Å². The molecule has 1 atom stereocenters. The van der Waals surface area contributed by atoms with Gasteiger partial charge in [-0.25, -0.2) is 4.98 Å². The quantitative estimate of drug-likeness (QED) is 0.824. The first kappa shape index (κ1) is 17.0. The molecule has 1 amide bonds. The van der Waals surface area contributed by atoms with E-state index in [1.54, 1.807) is 18.3 Å². The van der Waals surface area contributed by atoms with E-state index in [-0.39, 0.29) is 18.6 Å². The SMILES string of the molecule is CN(C)c1ncccc1C(=O)NC(CCCO)c1ccccc1. The zero-order valence-electron chi connectivity index (χ0n) is 13.6. The highest BCUT2D eigenvalue weighted by Crippen LogP contribution is 2.21. The number of nitrogens with zero attached hydrogens (tertiary/aromatic N) is 2. The third-order valence-corrected chi connectivity index (χ3v) is 3.61. The molecule has 5 nitrogen and oxygen atoms in total. The fourth-order valence-electron chi connectivity index (χ4n) is 2.47. The van der Waals surface area contributed by atoms with E-state index in [0.29, 0.717) is 24.2 Å². The highest BCUT2D eigenvalue weighted by molar-refractivity contribution is 5.99. The van der Waals surface area contributed by atoms with Crippen LogP contribution in [0.25, 0.3) is 0 Å². The Bertz CT molecular complexity index is 629. The van der Waals surface area contributed by atoms with Crippen molar-refractivity contribution in [3.8, 4) is 0 Å². The van der Waals surface area contributed by atoms with E-state index in [9.17, 15) is 4.79 Å². The minimum absolute atomic E-state index is 0.106. The normalized spacial score (nSPS) is 11.8. The van der Waals surface area contributed by atoms with Gasteiger partial charge in [0.2, 0.25) is 0 Å². The summed E-state index contributed by atoms with van der Waals surface area (Å²) in [5, 5.41) is 12.2. The Labute approximate surface area is 137 Å². The predicted molar refractivity (Wildman–Crippen MR) is 91.5 cm³/mol. The topological polar surface area (TPSA) is 65.5 Å². The summed E-state index contributed by atoms with van der Waals surface area (Å²) in [7, 11) is 3.72. The molecule has 1 unspecified atom stereocenters. The van der Waals surface area contributed by atoms with Gasteiger partial charge in [-0.3, -0.25) is 4.79 Å². The Kier molecular flexibility index (Phi) is 6.11. The largest absolute Gasteiger partial charge is 0.396 e. The second-order valence-electron chi connectivity index (χ2n) is 5.57. The molecule has 0 fully saturated rings. The number of carbonyl (C=O) groups is 1. The van der Waals surface area contributed by atoms with Crippen molar-refractivity contribution in [3.63, 3.8) is 0 Å². The maximum atomic E-state index is 12.7. The zero-order valence-corrected chi connectivity index (χ0v) is 13.6. The molecule has 0 radical (unpaired) electrons. The molecule has 1 aromatic heterocycles. The molecule has 2 aromatic rings. The van der Waals surface area contributed by atoms with Gasteiger partial charge in [0.25, 0.3) is 5.91 Å². The van der Waals surface area contributed by atoms with E-state index in [2.05, 4.69) is 10.3 Å². The van der Waals surface area contributed by atoms with Crippen molar-refractivity contribution in [3.05, 3.63) is 59.8 Å². The molecule has 2 rings (SSSR count). The predicted octanol–water partition coefficient (Wildman–Crippen LogP) is 2.39. The number of carbonyl (C=O) groups excluding carboxylic acids is 1. The summed E-state index contributed by atoms with van der Waals surface area (Å²) in [5.74, 6) is 0.479. The van der Waals surface area contributed by atoms with Crippen molar-refractivity contribution in [1.29, 1.82) is 0 Å². The molecule has 1 aromatic carbocycles. The van der Waals surface area contributed by atoms with Crippen molar-refractivity contribution in [2.24, 2.45) is 0 Å². The summed E-state index contributed by atoms with van der Waals surface area (Å²) in [6, 6.07) is 13.2. The van der Waals surface area contributed by atoms with Gasteiger partial charge in [-0.1, -0.05) is 30.3 Å². The van der Waals surface area contributed by atoms with Crippen LogP contribution in [0.3, 0.4) is 0 Å². The molecule has 122 valence electrons. The number of pyridine rings is 1. The number of hydrogen-bond acceptors (Lipinski definition) is 4. The fourth-order valence-corrected chi connectivity index (χ4v) is 2.47. The Morgan fingerprint density at radius 2 is 1.96 bits per heavy atom. The number of aliphatic hydroxyl groups excluding tert-OH is 1. The average Bonchev–Trinajstić information content (AvgIpc) is 2.59. The minimum Gasteiger partial charge on any atom is -0.396 e. The summed E-state index contributed by atoms with van der Waals surface area (Å²) < 4.78 is 0. The molecule has 0 aliphatic carbocycles. The second-order valence-corrected chi connectivity index (χ2v) is 5.57. The highest BCUT2D eigenvalue weighted by Gasteiger charge is 2.18. The molecule has 0 aliphatic heterocycles. The fraction of sp³-hybridized carbons (Fsp3) is 0.333. The van der Waals surface area contributed by atoms with Crippen molar-refractivity contribution < 1.29 is 9.90 Å². The van der Waals surface area contributed by atoms with Gasteiger partial charge in [0.1, 0.15) is 5.82 Å². The molecule has 0 aliphatic rings. The number of nitrogens with one attached hydrogen (secondary N) is 1. The van der Waals surface area contributed by atoms with Crippen LogP contribution >= 0.6 is 0 Å². The van der Waals surface area contributed by atoms with Crippen LogP contribution in [0.4, 0.5) is 5.82 Å². The van der Waals surface area contributed by atoms with Crippen LogP contribution in [-0.4, -0.2) is 36.7 Å². The standard InChI is InChI=1S/C18H23N3O2/c1-21(2)17-15(10-6-12-19-17)18(23)20-16(11-7-13-22)14-8-4-3-5-9-14/h3-6,8-10,12,16,22H,7,11,13H2,1-2H3,(H,20,23). The molecule has 2 N–H and O–H groups in total. The van der Waals surface area contributed by atoms with Gasteiger partial charge >= 0.3 is 0 Å². The molecule has 0 spiro atoms. The number of hydrogen-bond donors (Lipinski definition) is 2. The monoisotopic (exact) mass is 313 g/mol. The number of aliphatic hydroxyl groups is 1. The Hall–Kier alpha value is -2.40. The van der Waals surface area contributed by atoms with Crippen molar-refractivity contribution >= 4 is 11.7 Å². The molecule has 23 heavy (non-hydrogen) atoms. The van der Waals surface area contributed by atoms with Crippen LogP contribution < -0.4 is 10.2 Å². The maximum absolute atomic E-state index is 12.7. The molecular weight excluding hydrogens is 290 g/mol. The van der Waals surface area contributed by atoms with Gasteiger partial charge in [-0.05, 0) is 30.5 Å². The average molecular weight is 313 g/mol. The second kappa shape index (κ2) is 8.29. The van der Waals surface area contributed by atoms with E-state index in [1.807, 2.05) is 49.3 Å². The number of aromatic nitrogens is 1. The highest BCUT2D eigenvalue weighted by atomic mass is 16.3. The van der Waals surface area contributed by atoms with E-state index in [4.69, 9.17) is 5.11 Å². The van der Waals surface area contributed by atoms with E-state index in [0.717, 1.165) is 5.56 Å². The first-order valence-electron chi connectivity index (χ1n) is 7.72. The van der Waals surface area contributed by atoms with E-state index in [1.165, 1.54) is 0 Å². The van der Waals surface area contributed by atoms with Gasteiger partial charge in [0, 0.05) is 26.9 Å². The van der Waals surface area contributed by atoms with Crippen LogP contribution in [0.2, 0.25) is 0 Å². The summed E-state index contributed by atoms with van der Waals surface area (Å²) >= 11 is 0. The molecule has 0 saturated carbocycles. The molecule has 1 heterocycles. The van der Waals surface area contributed by atoms with Crippen LogP contribution in [0.15, 0.2) is 48.7 Å². The summed E-state index contributed by atoms with van der Waals surface area (Å²) in [6.45, 7) is 0.106. The third-order valence-electron chi connectivity index (χ3n) is 3.61. The number of anilines is 1. The van der Waals surface area contributed by atoms with Crippen LogP contribution in [-0.2, 0) is 0 Å². The summed E-state index contributed by atoms with van der Waals surface area (Å²) in [5.41, 5.74) is 1.58. The van der Waals surface area contributed by atoms with Gasteiger partial charge < -0.3 is 15.3 Å². The Morgan fingerprint density at radius 1 is 1.22 bits per heavy atom. The van der Waals surface area contributed by atoms with Crippen molar-refractivity contribution in [1.82, 2.24) is 10.3 Å².